The van der Waals surface area contributed by atoms with Crippen LogP contribution in [0.2, 0.25) is 0 Å². The van der Waals surface area contributed by atoms with Crippen molar-refractivity contribution in [3.8, 4) is 0 Å². The van der Waals surface area contributed by atoms with Gasteiger partial charge in [0, 0.05) is 11.3 Å². The zero-order valence-electron chi connectivity index (χ0n) is 10.5. The topological polar surface area (TPSA) is 32.6 Å². The lowest BCUT2D eigenvalue weighted by Gasteiger charge is -2.33. The number of oxime groups is 1. The minimum atomic E-state index is -0.00850. The highest BCUT2D eigenvalue weighted by molar-refractivity contribution is 5.91. The van der Waals surface area contributed by atoms with E-state index in [1.807, 2.05) is 0 Å². The Morgan fingerprint density at radius 1 is 1.21 bits per heavy atom. The molecule has 0 aliphatic carbocycles. The molecule has 0 aliphatic rings. The normalized spacial score (nSPS) is 14.1. The van der Waals surface area contributed by atoms with Gasteiger partial charge >= 0.3 is 0 Å². The van der Waals surface area contributed by atoms with Crippen molar-refractivity contribution in [3.63, 3.8) is 0 Å². The number of nitrogens with zero attached hydrogens (tertiary/aromatic N) is 1. The predicted octanol–water partition coefficient (Wildman–Crippen LogP) is 3.94. The molecule has 0 aromatic carbocycles. The van der Waals surface area contributed by atoms with Crippen molar-refractivity contribution < 1.29 is 5.21 Å². The van der Waals surface area contributed by atoms with Crippen molar-refractivity contribution in [2.75, 3.05) is 0 Å². The molecule has 0 aromatic heterocycles. The van der Waals surface area contributed by atoms with Gasteiger partial charge in [-0.15, -0.1) is 0 Å². The highest BCUT2D eigenvalue weighted by atomic mass is 16.4. The van der Waals surface area contributed by atoms with Crippen molar-refractivity contribution >= 4 is 5.71 Å². The van der Waals surface area contributed by atoms with Gasteiger partial charge in [-0.25, -0.2) is 0 Å². The molecule has 84 valence electrons. The third kappa shape index (κ3) is 2.73. The first kappa shape index (κ1) is 13.5. The average molecular weight is 199 g/mol. The lowest BCUT2D eigenvalue weighted by molar-refractivity contribution is 0.279. The summed E-state index contributed by atoms with van der Waals surface area (Å²) in [6.45, 7) is 13.0. The Bertz CT molecular complexity index is 190. The SMILES string of the molecule is CCC(CC)C(=NO)C(C)(C)C(C)C. The fourth-order valence-electron chi connectivity index (χ4n) is 1.71. The van der Waals surface area contributed by atoms with Gasteiger partial charge in [-0.1, -0.05) is 46.7 Å². The Balaban J connectivity index is 4.89. The van der Waals surface area contributed by atoms with Crippen LogP contribution in [0.25, 0.3) is 0 Å². The van der Waals surface area contributed by atoms with E-state index in [2.05, 4.69) is 46.7 Å². The predicted molar refractivity (Wildman–Crippen MR) is 61.9 cm³/mol. The Labute approximate surface area is 88.4 Å². The van der Waals surface area contributed by atoms with Gasteiger partial charge in [-0.3, -0.25) is 0 Å². The van der Waals surface area contributed by atoms with Crippen LogP contribution in [0.3, 0.4) is 0 Å². The molecule has 0 unspecified atom stereocenters. The second kappa shape index (κ2) is 5.38. The smallest absolute Gasteiger partial charge is 0.0659 e. The number of hydrogen-bond donors (Lipinski definition) is 1. The monoisotopic (exact) mass is 199 g/mol. The van der Waals surface area contributed by atoms with E-state index in [0.29, 0.717) is 11.8 Å². The molecule has 0 bridgehead atoms. The van der Waals surface area contributed by atoms with Gasteiger partial charge in [0.2, 0.25) is 0 Å². The molecule has 2 heteroatoms. The molecule has 0 amide bonds. The minimum Gasteiger partial charge on any atom is -0.411 e. The second-order valence-electron chi connectivity index (χ2n) is 4.88. The highest BCUT2D eigenvalue weighted by Crippen LogP contribution is 2.33. The summed E-state index contributed by atoms with van der Waals surface area (Å²) in [5, 5.41) is 12.7. The molecular weight excluding hydrogens is 174 g/mol. The van der Waals surface area contributed by atoms with Crippen molar-refractivity contribution in [1.82, 2.24) is 0 Å². The lowest BCUT2D eigenvalue weighted by atomic mass is 9.71. The van der Waals surface area contributed by atoms with Crippen molar-refractivity contribution in [2.45, 2.75) is 54.4 Å². The van der Waals surface area contributed by atoms with Crippen LogP contribution < -0.4 is 0 Å². The van der Waals surface area contributed by atoms with Crippen molar-refractivity contribution in [2.24, 2.45) is 22.4 Å². The molecule has 2 nitrogen and oxygen atoms in total. The average Bonchev–Trinajstić information content (AvgIpc) is 2.13. The van der Waals surface area contributed by atoms with Crippen LogP contribution in [-0.2, 0) is 0 Å². The summed E-state index contributed by atoms with van der Waals surface area (Å²) in [5.41, 5.74) is 0.948. The molecule has 0 spiro atoms. The molecule has 0 radical (unpaired) electrons. The van der Waals surface area contributed by atoms with E-state index in [4.69, 9.17) is 5.21 Å². The lowest BCUT2D eigenvalue weighted by Crippen LogP contribution is -2.35. The number of rotatable bonds is 5. The van der Waals surface area contributed by atoms with Gasteiger partial charge in [0.25, 0.3) is 0 Å². The minimum absolute atomic E-state index is 0.00850. The molecular formula is C12H25NO. The first-order valence-electron chi connectivity index (χ1n) is 5.64. The number of hydrogen-bond acceptors (Lipinski definition) is 2. The largest absolute Gasteiger partial charge is 0.411 e. The van der Waals surface area contributed by atoms with E-state index in [1.54, 1.807) is 0 Å². The zero-order chi connectivity index (χ0) is 11.4. The zero-order valence-corrected chi connectivity index (χ0v) is 10.5. The Kier molecular flexibility index (Phi) is 5.17. The molecule has 1 N–H and O–H groups in total. The molecule has 0 saturated heterocycles. The molecule has 0 rings (SSSR count). The summed E-state index contributed by atoms with van der Waals surface area (Å²) in [7, 11) is 0. The third-order valence-electron chi connectivity index (χ3n) is 3.58. The third-order valence-corrected chi connectivity index (χ3v) is 3.58. The van der Waals surface area contributed by atoms with Crippen LogP contribution in [0.4, 0.5) is 0 Å². The maximum absolute atomic E-state index is 9.13. The van der Waals surface area contributed by atoms with Crippen LogP contribution in [0.5, 0.6) is 0 Å². The van der Waals surface area contributed by atoms with Crippen LogP contribution in [0, 0.1) is 17.3 Å². The summed E-state index contributed by atoms with van der Waals surface area (Å²) >= 11 is 0. The van der Waals surface area contributed by atoms with Crippen LogP contribution in [-0.4, -0.2) is 10.9 Å². The summed E-state index contributed by atoms with van der Waals surface area (Å²) in [6, 6.07) is 0. The first-order chi connectivity index (χ1) is 6.41. The van der Waals surface area contributed by atoms with Gasteiger partial charge in [0.1, 0.15) is 0 Å². The Morgan fingerprint density at radius 2 is 1.64 bits per heavy atom. The van der Waals surface area contributed by atoms with Gasteiger partial charge in [0.15, 0.2) is 0 Å². The van der Waals surface area contributed by atoms with Crippen molar-refractivity contribution in [1.29, 1.82) is 0 Å². The molecule has 0 saturated carbocycles. The maximum atomic E-state index is 9.13. The van der Waals surface area contributed by atoms with E-state index < -0.39 is 0 Å². The standard InChI is InChI=1S/C12H25NO/c1-7-10(8-2)11(13-14)12(5,6)9(3)4/h9-10,14H,7-8H2,1-6H3. The fourth-order valence-corrected chi connectivity index (χ4v) is 1.71. The van der Waals surface area contributed by atoms with Crippen LogP contribution in [0.1, 0.15) is 54.4 Å². The summed E-state index contributed by atoms with van der Waals surface area (Å²) in [6.07, 6.45) is 2.10. The quantitative estimate of drug-likeness (QED) is 0.406. The maximum Gasteiger partial charge on any atom is 0.0659 e. The summed E-state index contributed by atoms with van der Waals surface area (Å²) in [5.74, 6) is 0.909. The Hall–Kier alpha value is -0.530. The van der Waals surface area contributed by atoms with E-state index in [0.717, 1.165) is 18.6 Å². The van der Waals surface area contributed by atoms with E-state index in [9.17, 15) is 0 Å². The van der Waals surface area contributed by atoms with E-state index in [-0.39, 0.29) is 5.41 Å². The molecule has 14 heavy (non-hydrogen) atoms. The molecule has 0 aliphatic heterocycles. The van der Waals surface area contributed by atoms with Crippen molar-refractivity contribution in [3.05, 3.63) is 0 Å². The first-order valence-corrected chi connectivity index (χ1v) is 5.64. The van der Waals surface area contributed by atoms with E-state index in [1.165, 1.54) is 0 Å². The second-order valence-corrected chi connectivity index (χ2v) is 4.88. The molecule has 0 atom stereocenters. The van der Waals surface area contributed by atoms with Gasteiger partial charge in [-0.05, 0) is 18.8 Å². The fraction of sp³-hybridized carbons (Fsp3) is 0.917. The summed E-state index contributed by atoms with van der Waals surface area (Å²) < 4.78 is 0. The molecule has 0 heterocycles. The van der Waals surface area contributed by atoms with Gasteiger partial charge in [-0.2, -0.15) is 0 Å². The molecule has 0 aromatic rings. The van der Waals surface area contributed by atoms with Crippen LogP contribution in [0.15, 0.2) is 5.16 Å². The highest BCUT2D eigenvalue weighted by Gasteiger charge is 2.33. The van der Waals surface area contributed by atoms with Gasteiger partial charge < -0.3 is 5.21 Å². The van der Waals surface area contributed by atoms with E-state index >= 15 is 0 Å². The van der Waals surface area contributed by atoms with Crippen LogP contribution >= 0.6 is 0 Å². The Morgan fingerprint density at radius 3 is 1.86 bits per heavy atom. The molecule has 0 fully saturated rings. The summed E-state index contributed by atoms with van der Waals surface area (Å²) in [4.78, 5) is 0. The van der Waals surface area contributed by atoms with Gasteiger partial charge in [0.05, 0.1) is 5.71 Å².